The van der Waals surface area contributed by atoms with Crippen LogP contribution in [0.2, 0.25) is 0 Å². The highest BCUT2D eigenvalue weighted by Crippen LogP contribution is 2.54. The van der Waals surface area contributed by atoms with E-state index in [9.17, 15) is 24.0 Å². The van der Waals surface area contributed by atoms with Crippen molar-refractivity contribution in [1.82, 2.24) is 35.8 Å². The standard InChI is InChI=1S/C77H81N7O18/c1-75(2,3)100-72(89)81-53(30-41-37-78-50-23-17-14-20-44(41)50)68(85)96-56-27-26-40(33-58(56)92-10)62-63-49-35-59(93-11)60(98-69(86)54(82-73(90)101-76(4,5)6)31-42-38-79-51-24-18-15-21-45(42)51)36-57(49)97-71(88)65(63)84-29-28-47-48(64(62)84)34-61(94-12)67(95-13)66(47)99-70(87)55(83-74(91)102-77(7,8)9)32-43-39-80-52-25-19-16-22-46(43)52/h14-21,23-27,33-39,46,53-55,78-80H,22,28-32H2,1-13H3,(H,81,89)(H,82,90)(H,83,91)/t46-,53+,54+,55+/m1/s1. The van der Waals surface area contributed by atoms with E-state index in [4.69, 9.17) is 51.8 Å². The molecule has 6 heterocycles. The van der Waals surface area contributed by atoms with Crippen LogP contribution in [0.4, 0.5) is 14.4 Å². The van der Waals surface area contributed by atoms with E-state index in [-0.39, 0.29) is 94.9 Å². The number of aromatic amines is 2. The number of methoxy groups -OCH3 is 4. The Morgan fingerprint density at radius 2 is 1.13 bits per heavy atom. The van der Waals surface area contributed by atoms with Gasteiger partial charge in [0.05, 0.1) is 34.1 Å². The lowest BCUT2D eigenvalue weighted by atomic mass is 9.88. The van der Waals surface area contributed by atoms with Gasteiger partial charge in [-0.3, -0.25) is 0 Å². The molecule has 0 unspecified atom stereocenters. The first-order chi connectivity index (χ1) is 48.6. The topological polar surface area (TPSA) is 310 Å². The largest absolute Gasteiger partial charge is 0.493 e. The molecular formula is C77H81N7O18. The van der Waals surface area contributed by atoms with Crippen LogP contribution in [0, 0.1) is 5.92 Å². The van der Waals surface area contributed by atoms with E-state index < -0.39 is 76.7 Å². The fourth-order valence-corrected chi connectivity index (χ4v) is 13.1. The number of nitrogens with one attached hydrogen (secondary N) is 6. The minimum Gasteiger partial charge on any atom is -0.493 e. The third-order valence-electron chi connectivity index (χ3n) is 17.4. The molecule has 6 N–H and O–H groups in total. The molecule has 12 rings (SSSR count). The number of para-hydroxylation sites is 2. The zero-order chi connectivity index (χ0) is 72.7. The number of aromatic nitrogens is 3. The van der Waals surface area contributed by atoms with Gasteiger partial charge in [-0.25, -0.2) is 33.6 Å². The van der Waals surface area contributed by atoms with Gasteiger partial charge in [-0.05, 0) is 140 Å². The van der Waals surface area contributed by atoms with Crippen molar-refractivity contribution >= 4 is 79.9 Å². The van der Waals surface area contributed by atoms with E-state index in [0.29, 0.717) is 50.9 Å². The fourth-order valence-electron chi connectivity index (χ4n) is 13.1. The quantitative estimate of drug-likeness (QED) is 0.0179. The van der Waals surface area contributed by atoms with E-state index in [1.165, 1.54) is 40.6 Å². The number of nitrogens with zero attached hydrogens (tertiary/aromatic N) is 1. The number of hydrogen-bond donors (Lipinski definition) is 6. The SMILES string of the molecule is COc1cc(-c2c3n(c4c(=O)oc5cc(OC(=O)[C@H](Cc6c[nH]c7ccccc67)NC(=O)OC(C)(C)C)c(OC)cc5c24)CCc2c-3cc(OC)c(OC)c2OC(=O)[C@H](CC2=CNC3=CC=CC[C@H]23)NC(=O)OC(C)(C)C)ccc1OC(=O)[C@H](Cc1c[nH]c2ccccc12)NC(=O)OC(C)(C)C. The second-order valence-corrected chi connectivity index (χ2v) is 28.0. The summed E-state index contributed by atoms with van der Waals surface area (Å²) in [5, 5.41) is 13.7. The molecule has 25 nitrogen and oxygen atoms in total. The van der Waals surface area contributed by atoms with E-state index in [0.717, 1.165) is 33.1 Å². The van der Waals surface area contributed by atoms with Crippen molar-refractivity contribution in [3.63, 3.8) is 0 Å². The molecular weight excluding hydrogens is 1310 g/mol. The molecule has 1 aliphatic carbocycles. The number of benzene rings is 5. The number of hydrogen-bond acceptors (Lipinski definition) is 19. The molecule has 25 heteroatoms. The fraction of sp³-hybridized carbons (Fsp3) is 0.338. The van der Waals surface area contributed by atoms with Crippen LogP contribution in [-0.4, -0.2) is 114 Å². The number of aryl methyl sites for hydroxylation is 1. The van der Waals surface area contributed by atoms with Crippen LogP contribution < -0.4 is 60.1 Å². The highest BCUT2D eigenvalue weighted by Gasteiger charge is 2.39. The van der Waals surface area contributed by atoms with Crippen LogP contribution in [0.25, 0.3) is 66.1 Å². The van der Waals surface area contributed by atoms with E-state index >= 15 is 9.59 Å². The van der Waals surface area contributed by atoms with Gasteiger partial charge in [0.25, 0.3) is 0 Å². The molecule has 0 bridgehead atoms. The smallest absolute Gasteiger partial charge is 0.408 e. The second-order valence-electron chi connectivity index (χ2n) is 28.0. The molecule has 5 aromatic carbocycles. The number of alkyl carbamates (subject to hydrolysis) is 3. The van der Waals surface area contributed by atoms with Crippen molar-refractivity contribution in [3.8, 4) is 62.6 Å². The highest BCUT2D eigenvalue weighted by molar-refractivity contribution is 6.17. The van der Waals surface area contributed by atoms with Gasteiger partial charge in [0, 0.05) is 111 Å². The number of rotatable bonds is 20. The average molecular weight is 1390 g/mol. The van der Waals surface area contributed by atoms with E-state index in [2.05, 4.69) is 31.2 Å². The normalized spacial score (nSPS) is 14.9. The van der Waals surface area contributed by atoms with Gasteiger partial charge < -0.3 is 87.6 Å². The molecule has 4 atom stereocenters. The highest BCUT2D eigenvalue weighted by atomic mass is 16.6. The molecule has 0 saturated carbocycles. The molecule has 102 heavy (non-hydrogen) atoms. The molecule has 0 radical (unpaired) electrons. The maximum absolute atomic E-state index is 15.3. The third kappa shape index (κ3) is 14.8. The Kier molecular flexibility index (Phi) is 19.4. The van der Waals surface area contributed by atoms with Crippen LogP contribution in [0.1, 0.15) is 91.8 Å². The Balaban J connectivity index is 1.00. The summed E-state index contributed by atoms with van der Waals surface area (Å²) in [7, 11) is 5.58. The number of H-pyrrole nitrogens is 2. The maximum atomic E-state index is 15.3. The second kappa shape index (κ2) is 28.2. The summed E-state index contributed by atoms with van der Waals surface area (Å²) in [5.41, 5.74) is 3.24. The molecule has 3 aliphatic rings. The molecule has 0 fully saturated rings. The van der Waals surface area contributed by atoms with Gasteiger partial charge in [-0.2, -0.15) is 0 Å². The van der Waals surface area contributed by atoms with Crippen molar-refractivity contribution in [2.75, 3.05) is 28.4 Å². The molecule has 4 aromatic heterocycles. The van der Waals surface area contributed by atoms with Gasteiger partial charge >= 0.3 is 41.8 Å². The Morgan fingerprint density at radius 3 is 1.69 bits per heavy atom. The molecule has 0 spiro atoms. The summed E-state index contributed by atoms with van der Waals surface area (Å²) in [6.07, 6.45) is 9.46. The lowest BCUT2D eigenvalue weighted by Crippen LogP contribution is -2.46. The number of fused-ring (bicyclic) bond motifs is 10. The summed E-state index contributed by atoms with van der Waals surface area (Å²) in [5.74, 6) is -2.74. The predicted molar refractivity (Wildman–Crippen MR) is 380 cm³/mol. The van der Waals surface area contributed by atoms with Crippen LogP contribution in [0.5, 0.6) is 40.2 Å². The van der Waals surface area contributed by atoms with Crippen LogP contribution in [-0.2, 0) is 54.4 Å². The minimum absolute atomic E-state index is 0.00189. The number of allylic oxidation sites excluding steroid dienone is 4. The lowest BCUT2D eigenvalue weighted by molar-refractivity contribution is -0.137. The number of esters is 3. The summed E-state index contributed by atoms with van der Waals surface area (Å²) < 4.78 is 68.1. The molecule has 9 aromatic rings. The zero-order valence-electron chi connectivity index (χ0n) is 58.9. The molecule has 3 amide bonds. The van der Waals surface area contributed by atoms with Crippen molar-refractivity contribution in [2.24, 2.45) is 5.92 Å². The first kappa shape index (κ1) is 70.2. The molecule has 2 aliphatic heterocycles. The average Bonchev–Trinajstić information content (AvgIpc) is 1.53. The number of carbonyl (C=O) groups excluding carboxylic acids is 6. The summed E-state index contributed by atoms with van der Waals surface area (Å²) in [6.45, 7) is 15.4. The number of carbonyl (C=O) groups is 6. The monoisotopic (exact) mass is 1390 g/mol. The van der Waals surface area contributed by atoms with Crippen molar-refractivity contribution in [2.45, 2.75) is 136 Å². The van der Waals surface area contributed by atoms with Gasteiger partial charge in [-0.15, -0.1) is 0 Å². The van der Waals surface area contributed by atoms with Gasteiger partial charge in [0.2, 0.25) is 5.75 Å². The Hall–Kier alpha value is -11.6. The van der Waals surface area contributed by atoms with Crippen LogP contribution >= 0.6 is 0 Å². The summed E-state index contributed by atoms with van der Waals surface area (Å²) in [6, 6.07) is 20.5. The van der Waals surface area contributed by atoms with Crippen molar-refractivity contribution in [3.05, 3.63) is 160 Å². The van der Waals surface area contributed by atoms with Gasteiger partial charge in [0.15, 0.2) is 34.5 Å². The van der Waals surface area contributed by atoms with Crippen molar-refractivity contribution in [1.29, 1.82) is 0 Å². The maximum Gasteiger partial charge on any atom is 0.408 e. The Bertz CT molecular complexity index is 4990. The number of amides is 3. The van der Waals surface area contributed by atoms with Gasteiger partial charge in [-0.1, -0.05) is 54.6 Å². The third-order valence-corrected chi connectivity index (χ3v) is 17.4. The Morgan fingerprint density at radius 1 is 0.588 bits per heavy atom. The first-order valence-electron chi connectivity index (χ1n) is 33.3. The zero-order valence-corrected chi connectivity index (χ0v) is 58.9. The summed E-state index contributed by atoms with van der Waals surface area (Å²) >= 11 is 0. The molecule has 0 saturated heterocycles. The minimum atomic E-state index is -1.32. The first-order valence-corrected chi connectivity index (χ1v) is 33.3. The Labute approximate surface area is 586 Å². The molecule has 532 valence electrons. The van der Waals surface area contributed by atoms with E-state index in [1.807, 2.05) is 73.0 Å². The van der Waals surface area contributed by atoms with Gasteiger partial charge in [0.1, 0.15) is 46.0 Å². The van der Waals surface area contributed by atoms with Crippen LogP contribution in [0.3, 0.4) is 0 Å². The van der Waals surface area contributed by atoms with Crippen molar-refractivity contribution < 1.29 is 80.6 Å². The lowest BCUT2D eigenvalue weighted by Gasteiger charge is -2.27. The van der Waals surface area contributed by atoms with E-state index in [1.54, 1.807) is 104 Å². The number of ether oxygens (including phenoxy) is 10. The van der Waals surface area contributed by atoms with Crippen LogP contribution in [0.15, 0.2) is 142 Å². The predicted octanol–water partition coefficient (Wildman–Crippen LogP) is 12.9. The summed E-state index contributed by atoms with van der Waals surface area (Å²) in [4.78, 5) is 107.